The number of imide groups is 2. The number of hydrogen-bond donors (Lipinski definition) is 3. The molecule has 0 saturated carbocycles. The minimum absolute atomic E-state index is 0.506. The molecule has 0 unspecified atom stereocenters. The van der Waals surface area contributed by atoms with Crippen LogP contribution in [0.4, 0.5) is 15.3 Å². The number of benzene rings is 3. The molecule has 3 aromatic rings. The van der Waals surface area contributed by atoms with Gasteiger partial charge in [0.05, 0.1) is 0 Å². The van der Waals surface area contributed by atoms with E-state index < -0.39 is 36.0 Å². The summed E-state index contributed by atoms with van der Waals surface area (Å²) in [5.74, 6) is -1.34. The number of hydrogen-bond acceptors (Lipinski definition) is 4. The molecule has 1 fully saturated rings. The van der Waals surface area contributed by atoms with E-state index in [-0.39, 0.29) is 0 Å². The summed E-state index contributed by atoms with van der Waals surface area (Å²) in [6.45, 7) is 1.03. The highest BCUT2D eigenvalue weighted by Crippen LogP contribution is 2.33. The van der Waals surface area contributed by atoms with Gasteiger partial charge >= 0.3 is 12.1 Å². The molecule has 6 amide bonds. The molecule has 8 heteroatoms. The Bertz CT molecular complexity index is 1190. The molecule has 0 radical (unpaired) electrons. The molecular weight excluding hydrogens is 396 g/mol. The van der Waals surface area contributed by atoms with Gasteiger partial charge in [0.1, 0.15) is 12.1 Å². The van der Waals surface area contributed by atoms with Crippen LogP contribution in [0.15, 0.2) is 72.8 Å². The van der Waals surface area contributed by atoms with Crippen LogP contribution in [0.25, 0.3) is 10.8 Å². The Morgan fingerprint density at radius 3 is 2.39 bits per heavy atom. The van der Waals surface area contributed by atoms with Crippen LogP contribution in [0.1, 0.15) is 12.5 Å². The van der Waals surface area contributed by atoms with Gasteiger partial charge in [-0.1, -0.05) is 60.7 Å². The lowest BCUT2D eigenvalue weighted by molar-refractivity contribution is -0.134. The molecule has 31 heavy (non-hydrogen) atoms. The van der Waals surface area contributed by atoms with E-state index in [1.54, 1.807) is 43.3 Å². The van der Waals surface area contributed by atoms with Crippen LogP contribution in [0, 0.1) is 0 Å². The number of nitrogens with one attached hydrogen (secondary N) is 3. The van der Waals surface area contributed by atoms with Gasteiger partial charge in [-0.3, -0.25) is 19.8 Å². The van der Waals surface area contributed by atoms with E-state index in [1.807, 2.05) is 36.4 Å². The van der Waals surface area contributed by atoms with Crippen LogP contribution >= 0.6 is 0 Å². The first kappa shape index (κ1) is 20.1. The van der Waals surface area contributed by atoms with Crippen molar-refractivity contribution in [3.63, 3.8) is 0 Å². The number of anilines is 1. The Labute approximate surface area is 178 Å². The molecule has 3 aromatic carbocycles. The number of para-hydroxylation sites is 1. The van der Waals surface area contributed by atoms with Crippen LogP contribution in [0.5, 0.6) is 0 Å². The first-order valence-electron chi connectivity index (χ1n) is 9.67. The van der Waals surface area contributed by atoms with E-state index in [9.17, 15) is 19.2 Å². The van der Waals surface area contributed by atoms with Crippen molar-refractivity contribution in [1.29, 1.82) is 0 Å². The Kier molecular flexibility index (Phi) is 5.12. The molecule has 8 nitrogen and oxygen atoms in total. The van der Waals surface area contributed by atoms with Gasteiger partial charge in [-0.05, 0) is 35.4 Å². The zero-order chi connectivity index (χ0) is 22.0. The number of amides is 6. The highest BCUT2D eigenvalue weighted by atomic mass is 16.2. The second-order valence-corrected chi connectivity index (χ2v) is 7.34. The monoisotopic (exact) mass is 416 g/mol. The number of rotatable bonds is 4. The quantitative estimate of drug-likeness (QED) is 0.568. The summed E-state index contributed by atoms with van der Waals surface area (Å²) in [5.41, 5.74) is -0.190. The van der Waals surface area contributed by atoms with Gasteiger partial charge in [0.15, 0.2) is 0 Å². The van der Waals surface area contributed by atoms with Crippen molar-refractivity contribution >= 4 is 40.3 Å². The highest BCUT2D eigenvalue weighted by molar-refractivity contribution is 6.12. The van der Waals surface area contributed by atoms with Crippen molar-refractivity contribution in [2.24, 2.45) is 0 Å². The van der Waals surface area contributed by atoms with E-state index in [0.717, 1.165) is 15.7 Å². The molecule has 1 saturated heterocycles. The maximum absolute atomic E-state index is 13.2. The van der Waals surface area contributed by atoms with Crippen molar-refractivity contribution in [2.45, 2.75) is 12.5 Å². The summed E-state index contributed by atoms with van der Waals surface area (Å²) in [5, 5.41) is 9.09. The van der Waals surface area contributed by atoms with Crippen LogP contribution in [0.2, 0.25) is 0 Å². The van der Waals surface area contributed by atoms with Gasteiger partial charge in [0.2, 0.25) is 5.91 Å². The van der Waals surface area contributed by atoms with Gasteiger partial charge in [-0.2, -0.15) is 0 Å². The molecule has 1 aliphatic rings. The van der Waals surface area contributed by atoms with Crippen molar-refractivity contribution < 1.29 is 19.2 Å². The number of nitrogens with zero attached hydrogens (tertiary/aromatic N) is 1. The van der Waals surface area contributed by atoms with Crippen LogP contribution < -0.4 is 16.0 Å². The van der Waals surface area contributed by atoms with Crippen LogP contribution in [0.3, 0.4) is 0 Å². The van der Waals surface area contributed by atoms with Crippen LogP contribution in [-0.4, -0.2) is 35.3 Å². The smallest absolute Gasteiger partial charge is 0.319 e. The fraction of sp³-hybridized carbons (Fsp3) is 0.130. The lowest BCUT2D eigenvalue weighted by Gasteiger charge is -2.24. The molecule has 0 spiro atoms. The molecule has 4 rings (SSSR count). The SMILES string of the molecule is C[C@]1(c2cccc3ccccc23)NC(=O)N(CC(=O)NC(=O)Nc2ccccc2)C1=O. The number of urea groups is 2. The maximum atomic E-state index is 13.2. The van der Waals surface area contributed by atoms with Gasteiger partial charge < -0.3 is 10.6 Å². The fourth-order valence-corrected chi connectivity index (χ4v) is 3.68. The Morgan fingerprint density at radius 2 is 1.61 bits per heavy atom. The molecule has 3 N–H and O–H groups in total. The second kappa shape index (κ2) is 7.91. The van der Waals surface area contributed by atoms with Crippen molar-refractivity contribution in [1.82, 2.24) is 15.5 Å². The minimum Gasteiger partial charge on any atom is -0.319 e. The van der Waals surface area contributed by atoms with Crippen molar-refractivity contribution in [3.8, 4) is 0 Å². The van der Waals surface area contributed by atoms with Gasteiger partial charge in [-0.15, -0.1) is 0 Å². The molecule has 0 bridgehead atoms. The second-order valence-electron chi connectivity index (χ2n) is 7.34. The van der Waals surface area contributed by atoms with E-state index >= 15 is 0 Å². The lowest BCUT2D eigenvalue weighted by atomic mass is 9.88. The molecule has 156 valence electrons. The predicted molar refractivity (Wildman–Crippen MR) is 115 cm³/mol. The first-order chi connectivity index (χ1) is 14.9. The van der Waals surface area contributed by atoms with E-state index in [4.69, 9.17) is 0 Å². The summed E-state index contributed by atoms with van der Waals surface area (Å²) < 4.78 is 0. The summed E-state index contributed by atoms with van der Waals surface area (Å²) in [6.07, 6.45) is 0. The summed E-state index contributed by atoms with van der Waals surface area (Å²) in [4.78, 5) is 50.8. The number of carbonyl (C=O) groups is 4. The highest BCUT2D eigenvalue weighted by Gasteiger charge is 2.50. The molecule has 0 aliphatic carbocycles. The summed E-state index contributed by atoms with van der Waals surface area (Å²) in [6, 6.07) is 20.2. The first-order valence-corrected chi connectivity index (χ1v) is 9.67. The van der Waals surface area contributed by atoms with Crippen LogP contribution in [-0.2, 0) is 15.1 Å². The van der Waals surface area contributed by atoms with E-state index in [1.165, 1.54) is 0 Å². The number of carbonyl (C=O) groups excluding carboxylic acids is 4. The zero-order valence-corrected chi connectivity index (χ0v) is 16.7. The standard InChI is InChI=1S/C23H20N4O4/c1-23(18-13-7-9-15-8-5-6-12-17(15)18)20(29)27(22(31)26-23)14-19(28)25-21(30)24-16-10-3-2-4-11-16/h2-13H,14H2,1H3,(H,26,31)(H2,24,25,28,30)/t23-/m1/s1. The third-order valence-electron chi connectivity index (χ3n) is 5.19. The average Bonchev–Trinajstić information content (AvgIpc) is 2.97. The van der Waals surface area contributed by atoms with Gasteiger partial charge in [0.25, 0.3) is 5.91 Å². The predicted octanol–water partition coefficient (Wildman–Crippen LogP) is 2.96. The molecular formula is C23H20N4O4. The average molecular weight is 416 g/mol. The van der Waals surface area contributed by atoms with Gasteiger partial charge in [0, 0.05) is 5.69 Å². The maximum Gasteiger partial charge on any atom is 0.325 e. The number of fused-ring (bicyclic) bond motifs is 1. The Balaban J connectivity index is 1.49. The summed E-state index contributed by atoms with van der Waals surface area (Å²) in [7, 11) is 0. The van der Waals surface area contributed by atoms with Crippen molar-refractivity contribution in [2.75, 3.05) is 11.9 Å². The lowest BCUT2D eigenvalue weighted by Crippen LogP contribution is -2.45. The molecule has 1 heterocycles. The summed E-state index contributed by atoms with van der Waals surface area (Å²) >= 11 is 0. The largest absolute Gasteiger partial charge is 0.325 e. The molecule has 1 aliphatic heterocycles. The van der Waals surface area contributed by atoms with E-state index in [2.05, 4.69) is 16.0 Å². The zero-order valence-electron chi connectivity index (χ0n) is 16.7. The third-order valence-corrected chi connectivity index (χ3v) is 5.19. The molecule has 0 aromatic heterocycles. The molecule has 1 atom stereocenters. The normalized spacial score (nSPS) is 18.0. The fourth-order valence-electron chi connectivity index (χ4n) is 3.68. The van der Waals surface area contributed by atoms with Crippen molar-refractivity contribution in [3.05, 3.63) is 78.4 Å². The van der Waals surface area contributed by atoms with Gasteiger partial charge in [-0.25, -0.2) is 9.59 Å². The topological polar surface area (TPSA) is 108 Å². The van der Waals surface area contributed by atoms with E-state index in [0.29, 0.717) is 11.3 Å². The Hall–Kier alpha value is -4.20. The third kappa shape index (κ3) is 3.83. The minimum atomic E-state index is -1.33. The Morgan fingerprint density at radius 1 is 0.935 bits per heavy atom.